The molecule has 0 unspecified atom stereocenters. The van der Waals surface area contributed by atoms with Crippen molar-refractivity contribution in [3.63, 3.8) is 0 Å². The highest BCUT2D eigenvalue weighted by Crippen LogP contribution is 2.24. The van der Waals surface area contributed by atoms with Crippen LogP contribution in [-0.4, -0.2) is 8.42 Å². The Morgan fingerprint density at radius 1 is 0.864 bits per heavy atom. The van der Waals surface area contributed by atoms with Crippen LogP contribution in [0.4, 0.5) is 5.69 Å². The van der Waals surface area contributed by atoms with E-state index in [2.05, 4.69) is 4.72 Å². The lowest BCUT2D eigenvalue weighted by Crippen LogP contribution is -2.13. The van der Waals surface area contributed by atoms with E-state index in [-0.39, 0.29) is 4.90 Å². The number of benzene rings is 3. The Morgan fingerprint density at radius 2 is 1.55 bits per heavy atom. The predicted molar refractivity (Wildman–Crippen MR) is 85.9 cm³/mol. The number of nitrogens with one attached hydrogen (secondary N) is 1. The summed E-state index contributed by atoms with van der Waals surface area (Å²) in [7, 11) is -3.69. The van der Waals surface area contributed by atoms with Crippen LogP contribution in [0.25, 0.3) is 10.8 Å². The van der Waals surface area contributed by atoms with Gasteiger partial charge >= 0.3 is 0 Å². The lowest BCUT2D eigenvalue weighted by atomic mass is 10.1. The van der Waals surface area contributed by atoms with Crippen molar-refractivity contribution in [2.45, 2.75) is 4.90 Å². The first kappa shape index (κ1) is 14.1. The second-order valence-electron chi connectivity index (χ2n) is 4.77. The smallest absolute Gasteiger partial charge is 0.262 e. The molecule has 5 heteroatoms. The van der Waals surface area contributed by atoms with Gasteiger partial charge in [-0.15, -0.1) is 0 Å². The highest BCUT2D eigenvalue weighted by molar-refractivity contribution is 7.93. The van der Waals surface area contributed by atoms with E-state index >= 15 is 0 Å². The zero-order valence-corrected chi connectivity index (χ0v) is 12.3. The fraction of sp³-hybridized carbons (Fsp3) is 0. The van der Waals surface area contributed by atoms with Gasteiger partial charge in [0.25, 0.3) is 10.0 Å². The second kappa shape index (κ2) is 5.51. The van der Waals surface area contributed by atoms with Crippen molar-refractivity contribution in [3.8, 4) is 6.07 Å². The van der Waals surface area contributed by atoms with E-state index < -0.39 is 10.0 Å². The van der Waals surface area contributed by atoms with Gasteiger partial charge in [0.15, 0.2) is 0 Å². The maximum absolute atomic E-state index is 12.6. The normalized spacial score (nSPS) is 11.0. The fourth-order valence-corrected chi connectivity index (χ4v) is 3.54. The average molecular weight is 308 g/mol. The van der Waals surface area contributed by atoms with Crippen LogP contribution in [0, 0.1) is 11.3 Å². The molecule has 0 spiro atoms. The third-order valence-electron chi connectivity index (χ3n) is 3.31. The molecule has 0 heterocycles. The van der Waals surface area contributed by atoms with Crippen LogP contribution in [0.5, 0.6) is 0 Å². The van der Waals surface area contributed by atoms with E-state index in [0.29, 0.717) is 16.6 Å². The fourth-order valence-electron chi connectivity index (χ4n) is 2.25. The summed E-state index contributed by atoms with van der Waals surface area (Å²) in [5, 5.41) is 10.3. The van der Waals surface area contributed by atoms with Gasteiger partial charge in [0.2, 0.25) is 0 Å². The lowest BCUT2D eigenvalue weighted by Gasteiger charge is -2.10. The Labute approximate surface area is 128 Å². The van der Waals surface area contributed by atoms with Crippen molar-refractivity contribution >= 4 is 26.5 Å². The zero-order chi connectivity index (χ0) is 15.6. The largest absolute Gasteiger partial charge is 0.280 e. The van der Waals surface area contributed by atoms with Crippen molar-refractivity contribution in [2.75, 3.05) is 4.72 Å². The van der Waals surface area contributed by atoms with Crippen LogP contribution >= 0.6 is 0 Å². The van der Waals surface area contributed by atoms with E-state index in [9.17, 15) is 8.42 Å². The Hall–Kier alpha value is -2.84. The Morgan fingerprint density at radius 3 is 2.27 bits per heavy atom. The molecule has 0 atom stereocenters. The highest BCUT2D eigenvalue weighted by Gasteiger charge is 2.17. The molecular weight excluding hydrogens is 296 g/mol. The molecule has 3 aromatic rings. The quantitative estimate of drug-likeness (QED) is 0.805. The van der Waals surface area contributed by atoms with Gasteiger partial charge in [-0.3, -0.25) is 4.72 Å². The maximum Gasteiger partial charge on any atom is 0.262 e. The summed E-state index contributed by atoms with van der Waals surface area (Å²) < 4.78 is 27.7. The highest BCUT2D eigenvalue weighted by atomic mass is 32.2. The Bertz CT molecular complexity index is 966. The zero-order valence-electron chi connectivity index (χ0n) is 11.5. The monoisotopic (exact) mass is 308 g/mol. The van der Waals surface area contributed by atoms with Crippen molar-refractivity contribution < 1.29 is 8.42 Å². The van der Waals surface area contributed by atoms with Gasteiger partial charge in [-0.1, -0.05) is 36.4 Å². The number of hydrogen-bond donors (Lipinski definition) is 1. The number of nitriles is 1. The van der Waals surface area contributed by atoms with E-state index in [1.807, 2.05) is 30.3 Å². The maximum atomic E-state index is 12.6. The standard InChI is InChI=1S/C17H12N2O2S/c18-12-13-8-10-15(11-9-13)19-22(20,21)17-7-3-5-14-4-1-2-6-16(14)17/h1-11,19H. The van der Waals surface area contributed by atoms with Crippen LogP contribution in [0.3, 0.4) is 0 Å². The molecular formula is C17H12N2O2S. The topological polar surface area (TPSA) is 70.0 Å². The van der Waals surface area contributed by atoms with Crippen molar-refractivity contribution in [1.82, 2.24) is 0 Å². The van der Waals surface area contributed by atoms with Crippen LogP contribution in [-0.2, 0) is 10.0 Å². The number of rotatable bonds is 3. The van der Waals surface area contributed by atoms with E-state index in [1.54, 1.807) is 42.5 Å². The second-order valence-corrected chi connectivity index (χ2v) is 6.42. The molecule has 0 bridgehead atoms. The van der Waals surface area contributed by atoms with Crippen LogP contribution in [0.2, 0.25) is 0 Å². The molecule has 0 aliphatic heterocycles. The summed E-state index contributed by atoms with van der Waals surface area (Å²) in [5.74, 6) is 0. The minimum atomic E-state index is -3.69. The van der Waals surface area contributed by atoms with Gasteiger partial charge in [-0.2, -0.15) is 5.26 Å². The average Bonchev–Trinajstić information content (AvgIpc) is 2.54. The van der Waals surface area contributed by atoms with Crippen LogP contribution < -0.4 is 4.72 Å². The summed E-state index contributed by atoms with van der Waals surface area (Å²) >= 11 is 0. The first-order valence-electron chi connectivity index (χ1n) is 6.61. The van der Waals surface area contributed by atoms with E-state index in [0.717, 1.165) is 5.39 Å². The molecule has 3 rings (SSSR count). The molecule has 108 valence electrons. The predicted octanol–water partition coefficient (Wildman–Crippen LogP) is 3.51. The molecule has 1 N–H and O–H groups in total. The van der Waals surface area contributed by atoms with Gasteiger partial charge in [0.1, 0.15) is 0 Å². The number of sulfonamides is 1. The Balaban J connectivity index is 2.03. The minimum absolute atomic E-state index is 0.231. The van der Waals surface area contributed by atoms with Gasteiger partial charge in [0, 0.05) is 11.1 Å². The first-order valence-corrected chi connectivity index (χ1v) is 8.09. The van der Waals surface area contributed by atoms with Crippen molar-refractivity contribution in [3.05, 3.63) is 72.3 Å². The number of hydrogen-bond acceptors (Lipinski definition) is 3. The van der Waals surface area contributed by atoms with E-state index in [1.165, 1.54) is 0 Å². The van der Waals surface area contributed by atoms with Gasteiger partial charge in [0.05, 0.1) is 16.5 Å². The molecule has 0 amide bonds. The van der Waals surface area contributed by atoms with Crippen LogP contribution in [0.15, 0.2) is 71.6 Å². The summed E-state index contributed by atoms with van der Waals surface area (Å²) in [6.07, 6.45) is 0. The summed E-state index contributed by atoms with van der Waals surface area (Å²) in [6, 6.07) is 20.8. The number of fused-ring (bicyclic) bond motifs is 1. The lowest BCUT2D eigenvalue weighted by molar-refractivity contribution is 0.602. The minimum Gasteiger partial charge on any atom is -0.280 e. The molecule has 3 aromatic carbocycles. The number of anilines is 1. The molecule has 0 fully saturated rings. The molecule has 0 saturated heterocycles. The summed E-state index contributed by atoms with van der Waals surface area (Å²) in [6.45, 7) is 0. The molecule has 0 aliphatic rings. The van der Waals surface area contributed by atoms with Gasteiger partial charge in [-0.05, 0) is 35.7 Å². The molecule has 0 saturated carbocycles. The SMILES string of the molecule is N#Cc1ccc(NS(=O)(=O)c2cccc3ccccc23)cc1. The van der Waals surface area contributed by atoms with Gasteiger partial charge in [-0.25, -0.2) is 8.42 Å². The van der Waals surface area contributed by atoms with Crippen molar-refractivity contribution in [2.24, 2.45) is 0 Å². The van der Waals surface area contributed by atoms with Gasteiger partial charge < -0.3 is 0 Å². The molecule has 0 aromatic heterocycles. The molecule has 4 nitrogen and oxygen atoms in total. The molecule has 0 aliphatic carbocycles. The molecule has 0 radical (unpaired) electrons. The van der Waals surface area contributed by atoms with Crippen LogP contribution in [0.1, 0.15) is 5.56 Å². The number of nitrogens with zero attached hydrogens (tertiary/aromatic N) is 1. The summed E-state index contributed by atoms with van der Waals surface area (Å²) in [4.78, 5) is 0.231. The summed E-state index contributed by atoms with van der Waals surface area (Å²) in [5.41, 5.74) is 0.903. The van der Waals surface area contributed by atoms with Crippen molar-refractivity contribution in [1.29, 1.82) is 5.26 Å². The Kier molecular flexibility index (Phi) is 3.53. The molecule has 22 heavy (non-hydrogen) atoms. The first-order chi connectivity index (χ1) is 10.6. The third-order valence-corrected chi connectivity index (χ3v) is 4.74. The van der Waals surface area contributed by atoms with E-state index in [4.69, 9.17) is 5.26 Å². The third kappa shape index (κ3) is 2.65.